The van der Waals surface area contributed by atoms with Gasteiger partial charge in [-0.3, -0.25) is 4.40 Å². The molecular weight excluding hydrogens is 338 g/mol. The Balaban J connectivity index is 1.78. The van der Waals surface area contributed by atoms with Crippen molar-refractivity contribution in [3.63, 3.8) is 0 Å². The molecule has 2 heterocycles. The zero-order chi connectivity index (χ0) is 18.8. The van der Waals surface area contributed by atoms with Crippen LogP contribution in [0.15, 0.2) is 67.0 Å². The number of nitrogens with zero attached hydrogens (tertiary/aromatic N) is 4. The number of anilines is 3. The van der Waals surface area contributed by atoms with E-state index in [1.165, 1.54) is 0 Å². The average molecular weight is 359 g/mol. The molecule has 2 aromatic heterocycles. The Bertz CT molecular complexity index is 1050. The normalized spacial score (nSPS) is 10.8. The molecule has 0 bridgehead atoms. The average Bonchev–Trinajstić information content (AvgIpc) is 3.07. The molecule has 6 nitrogen and oxygen atoms in total. The Morgan fingerprint density at radius 1 is 1.00 bits per heavy atom. The number of methoxy groups -OCH3 is 1. The number of aromatic nitrogens is 3. The summed E-state index contributed by atoms with van der Waals surface area (Å²) in [7, 11) is 5.72. The lowest BCUT2D eigenvalue weighted by Crippen LogP contribution is -2.07. The van der Waals surface area contributed by atoms with Crippen LogP contribution in [0.4, 0.5) is 17.2 Å². The predicted octanol–water partition coefficient (Wildman–Crippen LogP) is 4.21. The van der Waals surface area contributed by atoms with Crippen LogP contribution >= 0.6 is 0 Å². The minimum Gasteiger partial charge on any atom is -0.497 e. The topological polar surface area (TPSA) is 54.7 Å². The van der Waals surface area contributed by atoms with Gasteiger partial charge in [-0.2, -0.15) is 0 Å². The lowest BCUT2D eigenvalue weighted by atomic mass is 10.1. The summed E-state index contributed by atoms with van der Waals surface area (Å²) in [6, 6.07) is 18.0. The molecule has 4 rings (SSSR count). The molecule has 0 saturated carbocycles. The van der Waals surface area contributed by atoms with Crippen LogP contribution in [0.5, 0.6) is 5.75 Å². The summed E-state index contributed by atoms with van der Waals surface area (Å²) in [5, 5.41) is 3.48. The summed E-state index contributed by atoms with van der Waals surface area (Å²) >= 11 is 0. The van der Waals surface area contributed by atoms with Gasteiger partial charge in [-0.1, -0.05) is 12.1 Å². The highest BCUT2D eigenvalue weighted by Crippen LogP contribution is 2.32. The Morgan fingerprint density at radius 3 is 2.41 bits per heavy atom. The highest BCUT2D eigenvalue weighted by molar-refractivity contribution is 5.79. The maximum Gasteiger partial charge on any atom is 0.235 e. The highest BCUT2D eigenvalue weighted by atomic mass is 16.5. The summed E-state index contributed by atoms with van der Waals surface area (Å²) < 4.78 is 7.20. The van der Waals surface area contributed by atoms with Gasteiger partial charge in [0.15, 0.2) is 0 Å². The Labute approximate surface area is 158 Å². The number of nitrogens with one attached hydrogen (secondary N) is 1. The molecule has 0 atom stereocenters. The third-order valence-corrected chi connectivity index (χ3v) is 4.41. The minimum atomic E-state index is 0.653. The zero-order valence-electron chi connectivity index (χ0n) is 15.5. The molecule has 27 heavy (non-hydrogen) atoms. The van der Waals surface area contributed by atoms with Crippen LogP contribution in [0.3, 0.4) is 0 Å². The fraction of sp³-hybridized carbons (Fsp3) is 0.143. The van der Waals surface area contributed by atoms with Gasteiger partial charge in [-0.25, -0.2) is 9.97 Å². The molecule has 0 radical (unpaired) electrons. The van der Waals surface area contributed by atoms with Crippen LogP contribution in [0.2, 0.25) is 0 Å². The number of hydrogen-bond donors (Lipinski definition) is 1. The third-order valence-electron chi connectivity index (χ3n) is 4.41. The van der Waals surface area contributed by atoms with Crippen molar-refractivity contribution < 1.29 is 4.74 Å². The van der Waals surface area contributed by atoms with Crippen molar-refractivity contribution in [2.75, 3.05) is 31.4 Å². The van der Waals surface area contributed by atoms with Gasteiger partial charge in [0, 0.05) is 43.4 Å². The summed E-state index contributed by atoms with van der Waals surface area (Å²) in [6.45, 7) is 0. The van der Waals surface area contributed by atoms with E-state index in [4.69, 9.17) is 9.72 Å². The molecule has 0 spiro atoms. The third kappa shape index (κ3) is 3.29. The van der Waals surface area contributed by atoms with Gasteiger partial charge in [0.2, 0.25) is 5.78 Å². The van der Waals surface area contributed by atoms with Crippen LogP contribution in [-0.2, 0) is 0 Å². The maximum absolute atomic E-state index is 5.24. The molecule has 1 N–H and O–H groups in total. The molecule has 0 fully saturated rings. The number of hydrogen-bond acceptors (Lipinski definition) is 5. The molecule has 2 aromatic carbocycles. The van der Waals surface area contributed by atoms with Gasteiger partial charge in [0.25, 0.3) is 0 Å². The lowest BCUT2D eigenvalue weighted by Gasteiger charge is -2.13. The van der Waals surface area contributed by atoms with E-state index in [1.54, 1.807) is 13.3 Å². The molecule has 6 heteroatoms. The van der Waals surface area contributed by atoms with Crippen molar-refractivity contribution >= 4 is 23.0 Å². The Morgan fingerprint density at radius 2 is 1.74 bits per heavy atom. The Kier molecular flexibility index (Phi) is 4.38. The number of benzene rings is 2. The smallest absolute Gasteiger partial charge is 0.235 e. The van der Waals surface area contributed by atoms with Crippen molar-refractivity contribution in [3.8, 4) is 17.0 Å². The molecule has 0 aliphatic rings. The molecule has 0 aliphatic carbocycles. The first kappa shape index (κ1) is 16.9. The van der Waals surface area contributed by atoms with E-state index in [0.717, 1.165) is 34.2 Å². The van der Waals surface area contributed by atoms with Gasteiger partial charge >= 0.3 is 0 Å². The van der Waals surface area contributed by atoms with E-state index in [-0.39, 0.29) is 0 Å². The molecule has 0 aliphatic heterocycles. The van der Waals surface area contributed by atoms with E-state index in [1.807, 2.05) is 55.0 Å². The number of imidazole rings is 1. The summed E-state index contributed by atoms with van der Waals surface area (Å²) in [6.07, 6.45) is 3.71. The molecule has 0 amide bonds. The van der Waals surface area contributed by atoms with Crippen LogP contribution in [0.1, 0.15) is 0 Å². The van der Waals surface area contributed by atoms with Gasteiger partial charge < -0.3 is 15.0 Å². The van der Waals surface area contributed by atoms with Crippen molar-refractivity contribution in [3.05, 3.63) is 67.0 Å². The first-order chi connectivity index (χ1) is 13.2. The van der Waals surface area contributed by atoms with Crippen LogP contribution < -0.4 is 15.0 Å². The molecule has 4 aromatic rings. The second kappa shape index (κ2) is 6.99. The van der Waals surface area contributed by atoms with E-state index in [0.29, 0.717) is 5.78 Å². The zero-order valence-corrected chi connectivity index (χ0v) is 15.5. The van der Waals surface area contributed by atoms with Gasteiger partial charge in [0.1, 0.15) is 17.3 Å². The fourth-order valence-electron chi connectivity index (χ4n) is 2.94. The minimum absolute atomic E-state index is 0.653. The fourth-order valence-corrected chi connectivity index (χ4v) is 2.94. The first-order valence-electron chi connectivity index (χ1n) is 8.67. The molecule has 0 saturated heterocycles. The highest BCUT2D eigenvalue weighted by Gasteiger charge is 2.15. The van der Waals surface area contributed by atoms with Crippen LogP contribution in [0, 0.1) is 0 Å². The molecular formula is C21H21N5O. The standard InChI is InChI=1S/C21H21N5O/c1-25(2)17-9-5-15(6-10-17)19-20(26-14-4-13-22-21(26)24-19)23-16-7-11-18(27-3)12-8-16/h4-14,23H,1-3H3. The predicted molar refractivity (Wildman–Crippen MR) is 109 cm³/mol. The van der Waals surface area contributed by atoms with Gasteiger partial charge in [-0.05, 0) is 42.5 Å². The van der Waals surface area contributed by atoms with Crippen LogP contribution in [-0.4, -0.2) is 35.6 Å². The van der Waals surface area contributed by atoms with E-state index < -0.39 is 0 Å². The van der Waals surface area contributed by atoms with Crippen molar-refractivity contribution in [2.24, 2.45) is 0 Å². The van der Waals surface area contributed by atoms with Crippen molar-refractivity contribution in [1.29, 1.82) is 0 Å². The second-order valence-electron chi connectivity index (χ2n) is 6.39. The quantitative estimate of drug-likeness (QED) is 0.578. The second-order valence-corrected chi connectivity index (χ2v) is 6.39. The lowest BCUT2D eigenvalue weighted by molar-refractivity contribution is 0.415. The number of fused-ring (bicyclic) bond motifs is 1. The monoisotopic (exact) mass is 359 g/mol. The number of ether oxygens (including phenoxy) is 1. The Hall–Kier alpha value is -3.54. The number of rotatable bonds is 5. The SMILES string of the molecule is COc1ccc(Nc2c(-c3ccc(N(C)C)cc3)nc3ncccn23)cc1. The van der Waals surface area contributed by atoms with Crippen molar-refractivity contribution in [2.45, 2.75) is 0 Å². The molecule has 0 unspecified atom stereocenters. The van der Waals surface area contributed by atoms with E-state index in [9.17, 15) is 0 Å². The maximum atomic E-state index is 5.24. The van der Waals surface area contributed by atoms with Crippen LogP contribution in [0.25, 0.3) is 17.0 Å². The first-order valence-corrected chi connectivity index (χ1v) is 8.67. The summed E-state index contributed by atoms with van der Waals surface area (Å²) in [5.74, 6) is 2.35. The van der Waals surface area contributed by atoms with Crippen molar-refractivity contribution in [1.82, 2.24) is 14.4 Å². The molecule has 136 valence electrons. The largest absolute Gasteiger partial charge is 0.497 e. The summed E-state index contributed by atoms with van der Waals surface area (Å²) in [5.41, 5.74) is 3.98. The van der Waals surface area contributed by atoms with Gasteiger partial charge in [-0.15, -0.1) is 0 Å². The summed E-state index contributed by atoms with van der Waals surface area (Å²) in [4.78, 5) is 11.2. The van der Waals surface area contributed by atoms with E-state index >= 15 is 0 Å². The van der Waals surface area contributed by atoms with Gasteiger partial charge in [0.05, 0.1) is 7.11 Å². The van der Waals surface area contributed by atoms with E-state index in [2.05, 4.69) is 39.5 Å².